The molecule has 0 fully saturated rings. The third-order valence-electron chi connectivity index (χ3n) is 2.65. The summed E-state index contributed by atoms with van der Waals surface area (Å²) in [5.41, 5.74) is 1.24. The van der Waals surface area contributed by atoms with Gasteiger partial charge in [-0.25, -0.2) is 0 Å². The molecular weight excluding hydrogens is 216 g/mol. The Morgan fingerprint density at radius 2 is 2.29 bits per heavy atom. The maximum Gasteiger partial charge on any atom is 0.305 e. The highest BCUT2D eigenvalue weighted by Gasteiger charge is 2.03. The highest BCUT2D eigenvalue weighted by atomic mass is 16.5. The average molecular weight is 236 g/mol. The van der Waals surface area contributed by atoms with E-state index in [1.807, 2.05) is 12.3 Å². The van der Waals surface area contributed by atoms with Gasteiger partial charge in [-0.3, -0.25) is 9.78 Å². The molecule has 4 nitrogen and oxygen atoms in total. The molecule has 0 aliphatic heterocycles. The zero-order valence-electron chi connectivity index (χ0n) is 10.6. The molecule has 1 aromatic heterocycles. The topological polar surface area (TPSA) is 42.4 Å². The first-order valence-electron chi connectivity index (χ1n) is 5.86. The van der Waals surface area contributed by atoms with E-state index < -0.39 is 0 Å². The van der Waals surface area contributed by atoms with E-state index in [0.29, 0.717) is 6.42 Å². The smallest absolute Gasteiger partial charge is 0.305 e. The van der Waals surface area contributed by atoms with Crippen molar-refractivity contribution >= 4 is 5.97 Å². The summed E-state index contributed by atoms with van der Waals surface area (Å²) in [6.45, 7) is 1.89. The van der Waals surface area contributed by atoms with Gasteiger partial charge in [0.2, 0.25) is 0 Å². The molecule has 94 valence electrons. The van der Waals surface area contributed by atoms with Gasteiger partial charge in [0.25, 0.3) is 0 Å². The van der Waals surface area contributed by atoms with E-state index >= 15 is 0 Å². The van der Waals surface area contributed by atoms with Crippen molar-refractivity contribution in [3.8, 4) is 0 Å². The normalized spacial score (nSPS) is 10.5. The van der Waals surface area contributed by atoms with Crippen LogP contribution in [0.15, 0.2) is 24.5 Å². The number of hydrogen-bond donors (Lipinski definition) is 0. The number of likely N-dealkylation sites (N-methyl/N-ethyl adjacent to an activating group) is 1. The van der Waals surface area contributed by atoms with Crippen molar-refractivity contribution in [2.45, 2.75) is 19.3 Å². The Hall–Kier alpha value is -1.42. The van der Waals surface area contributed by atoms with Crippen LogP contribution < -0.4 is 0 Å². The number of carbonyl (C=O) groups is 1. The van der Waals surface area contributed by atoms with Gasteiger partial charge in [0, 0.05) is 25.4 Å². The number of aromatic nitrogens is 1. The van der Waals surface area contributed by atoms with Crippen LogP contribution in [0, 0.1) is 0 Å². The largest absolute Gasteiger partial charge is 0.469 e. The molecule has 0 radical (unpaired) electrons. The van der Waals surface area contributed by atoms with Gasteiger partial charge in [0.1, 0.15) is 0 Å². The number of esters is 1. The quantitative estimate of drug-likeness (QED) is 0.673. The third kappa shape index (κ3) is 6.02. The van der Waals surface area contributed by atoms with Crippen molar-refractivity contribution in [1.82, 2.24) is 9.88 Å². The molecule has 0 amide bonds. The van der Waals surface area contributed by atoms with Crippen LogP contribution >= 0.6 is 0 Å². The first-order chi connectivity index (χ1) is 8.22. The lowest BCUT2D eigenvalue weighted by atomic mass is 10.2. The molecule has 0 aliphatic rings. The lowest BCUT2D eigenvalue weighted by Gasteiger charge is -2.15. The van der Waals surface area contributed by atoms with Crippen LogP contribution in [-0.2, 0) is 16.0 Å². The van der Waals surface area contributed by atoms with Gasteiger partial charge < -0.3 is 9.64 Å². The predicted octanol–water partition coefficient (Wildman–Crippen LogP) is 1.51. The molecule has 0 bridgehead atoms. The fourth-order valence-corrected chi connectivity index (χ4v) is 1.57. The number of nitrogens with zero attached hydrogens (tertiary/aromatic N) is 2. The van der Waals surface area contributed by atoms with Gasteiger partial charge >= 0.3 is 5.97 Å². The lowest BCUT2D eigenvalue weighted by Crippen LogP contribution is -2.23. The van der Waals surface area contributed by atoms with Gasteiger partial charge in [-0.1, -0.05) is 6.07 Å². The number of pyridine rings is 1. The molecule has 0 saturated heterocycles. The zero-order valence-corrected chi connectivity index (χ0v) is 10.6. The van der Waals surface area contributed by atoms with Gasteiger partial charge in [-0.2, -0.15) is 0 Å². The van der Waals surface area contributed by atoms with Gasteiger partial charge in [0.05, 0.1) is 7.11 Å². The first-order valence-corrected chi connectivity index (χ1v) is 5.86. The number of methoxy groups -OCH3 is 1. The second-order valence-electron chi connectivity index (χ2n) is 4.09. The minimum Gasteiger partial charge on any atom is -0.469 e. The standard InChI is InChI=1S/C13H20N2O2/c1-15(9-4-6-13(16)17-2)10-7-12-5-3-8-14-11-12/h3,5,8,11H,4,6-7,9-10H2,1-2H3. The van der Waals surface area contributed by atoms with Gasteiger partial charge in [-0.05, 0) is 38.1 Å². The Morgan fingerprint density at radius 3 is 2.94 bits per heavy atom. The summed E-state index contributed by atoms with van der Waals surface area (Å²) in [6.07, 6.45) is 6.00. The number of rotatable bonds is 7. The van der Waals surface area contributed by atoms with E-state index in [-0.39, 0.29) is 5.97 Å². The second-order valence-corrected chi connectivity index (χ2v) is 4.09. The molecular formula is C13H20N2O2. The van der Waals surface area contributed by atoms with Crippen molar-refractivity contribution in [2.75, 3.05) is 27.2 Å². The van der Waals surface area contributed by atoms with E-state index in [2.05, 4.69) is 27.7 Å². The summed E-state index contributed by atoms with van der Waals surface area (Å²) in [7, 11) is 3.49. The monoisotopic (exact) mass is 236 g/mol. The van der Waals surface area contributed by atoms with Crippen LogP contribution in [0.25, 0.3) is 0 Å². The fraction of sp³-hybridized carbons (Fsp3) is 0.538. The van der Waals surface area contributed by atoms with Crippen molar-refractivity contribution in [3.63, 3.8) is 0 Å². The molecule has 0 saturated carbocycles. The Bertz CT molecular complexity index is 327. The van der Waals surface area contributed by atoms with Crippen molar-refractivity contribution < 1.29 is 9.53 Å². The lowest BCUT2D eigenvalue weighted by molar-refractivity contribution is -0.140. The average Bonchev–Trinajstić information content (AvgIpc) is 2.37. The van der Waals surface area contributed by atoms with Gasteiger partial charge in [0.15, 0.2) is 0 Å². The second kappa shape index (κ2) is 7.79. The first kappa shape index (κ1) is 13.6. The highest BCUT2D eigenvalue weighted by Crippen LogP contribution is 2.00. The molecule has 0 aromatic carbocycles. The number of ether oxygens (including phenoxy) is 1. The van der Waals surface area contributed by atoms with Crippen LogP contribution in [-0.4, -0.2) is 43.1 Å². The summed E-state index contributed by atoms with van der Waals surface area (Å²) < 4.78 is 4.60. The molecule has 1 rings (SSSR count). The molecule has 0 unspecified atom stereocenters. The molecule has 0 aliphatic carbocycles. The van der Waals surface area contributed by atoms with E-state index in [4.69, 9.17) is 0 Å². The summed E-state index contributed by atoms with van der Waals surface area (Å²) in [4.78, 5) is 17.2. The van der Waals surface area contributed by atoms with E-state index in [1.54, 1.807) is 6.20 Å². The minimum absolute atomic E-state index is 0.134. The van der Waals surface area contributed by atoms with E-state index in [1.165, 1.54) is 12.7 Å². The Kier molecular flexibility index (Phi) is 6.25. The summed E-state index contributed by atoms with van der Waals surface area (Å²) in [6, 6.07) is 4.03. The van der Waals surface area contributed by atoms with E-state index in [0.717, 1.165) is 25.9 Å². The van der Waals surface area contributed by atoms with Crippen molar-refractivity contribution in [2.24, 2.45) is 0 Å². The Labute approximate surface area is 103 Å². The number of hydrogen-bond acceptors (Lipinski definition) is 4. The molecule has 0 N–H and O–H groups in total. The fourth-order valence-electron chi connectivity index (χ4n) is 1.57. The van der Waals surface area contributed by atoms with Crippen LogP contribution in [0.2, 0.25) is 0 Å². The zero-order chi connectivity index (χ0) is 12.5. The summed E-state index contributed by atoms with van der Waals surface area (Å²) in [5.74, 6) is -0.134. The molecule has 1 aromatic rings. The molecule has 1 heterocycles. The highest BCUT2D eigenvalue weighted by molar-refractivity contribution is 5.69. The number of carbonyl (C=O) groups excluding carboxylic acids is 1. The third-order valence-corrected chi connectivity index (χ3v) is 2.65. The van der Waals surface area contributed by atoms with Crippen LogP contribution in [0.3, 0.4) is 0 Å². The molecule has 0 spiro atoms. The van der Waals surface area contributed by atoms with Crippen molar-refractivity contribution in [3.05, 3.63) is 30.1 Å². The SMILES string of the molecule is COC(=O)CCCN(C)CCc1cccnc1. The van der Waals surface area contributed by atoms with Gasteiger partial charge in [-0.15, -0.1) is 0 Å². The maximum atomic E-state index is 10.9. The summed E-state index contributed by atoms with van der Waals surface area (Å²) in [5, 5.41) is 0. The Balaban J connectivity index is 2.13. The minimum atomic E-state index is -0.134. The summed E-state index contributed by atoms with van der Waals surface area (Å²) >= 11 is 0. The molecule has 17 heavy (non-hydrogen) atoms. The van der Waals surface area contributed by atoms with Crippen LogP contribution in [0.4, 0.5) is 0 Å². The van der Waals surface area contributed by atoms with E-state index in [9.17, 15) is 4.79 Å². The van der Waals surface area contributed by atoms with Crippen LogP contribution in [0.5, 0.6) is 0 Å². The predicted molar refractivity (Wildman–Crippen MR) is 66.7 cm³/mol. The molecule has 4 heteroatoms. The Morgan fingerprint density at radius 1 is 1.47 bits per heavy atom. The maximum absolute atomic E-state index is 10.9. The molecule has 0 atom stereocenters. The van der Waals surface area contributed by atoms with Crippen LogP contribution in [0.1, 0.15) is 18.4 Å². The van der Waals surface area contributed by atoms with Crippen molar-refractivity contribution in [1.29, 1.82) is 0 Å².